The molecule has 2 amide bonds. The van der Waals surface area contributed by atoms with Gasteiger partial charge in [0.1, 0.15) is 11.6 Å². The molecule has 6 nitrogen and oxygen atoms in total. The van der Waals surface area contributed by atoms with E-state index in [2.05, 4.69) is 5.32 Å². The second kappa shape index (κ2) is 9.62. The van der Waals surface area contributed by atoms with Gasteiger partial charge in [-0.3, -0.25) is 14.5 Å². The number of nitrogens with zero attached hydrogens (tertiary/aromatic N) is 2. The molecule has 30 heavy (non-hydrogen) atoms. The second-order valence-electron chi connectivity index (χ2n) is 6.95. The average Bonchev–Trinajstić information content (AvgIpc) is 2.75. The molecule has 1 atom stereocenters. The van der Waals surface area contributed by atoms with Crippen molar-refractivity contribution in [3.8, 4) is 5.75 Å². The van der Waals surface area contributed by atoms with E-state index >= 15 is 0 Å². The van der Waals surface area contributed by atoms with E-state index < -0.39 is 17.7 Å². The summed E-state index contributed by atoms with van der Waals surface area (Å²) in [6.07, 6.45) is 0. The molecule has 2 aromatic rings. The van der Waals surface area contributed by atoms with Crippen molar-refractivity contribution >= 4 is 17.5 Å². The van der Waals surface area contributed by atoms with Gasteiger partial charge in [0.15, 0.2) is 18.2 Å². The highest BCUT2D eigenvalue weighted by Gasteiger charge is 2.27. The van der Waals surface area contributed by atoms with Crippen molar-refractivity contribution in [2.75, 3.05) is 38.1 Å². The molecule has 9 heteroatoms. The van der Waals surface area contributed by atoms with Gasteiger partial charge < -0.3 is 15.0 Å². The summed E-state index contributed by atoms with van der Waals surface area (Å²) in [5.74, 6) is -2.53. The fourth-order valence-electron chi connectivity index (χ4n) is 3.11. The molecule has 0 saturated carbocycles. The number of ether oxygens (including phenoxy) is 1. The Morgan fingerprint density at radius 2 is 1.67 bits per heavy atom. The summed E-state index contributed by atoms with van der Waals surface area (Å²) in [6.45, 7) is 3.37. The van der Waals surface area contributed by atoms with E-state index in [1.54, 1.807) is 11.8 Å². The van der Waals surface area contributed by atoms with Crippen molar-refractivity contribution in [2.24, 2.45) is 0 Å². The lowest BCUT2D eigenvalue weighted by molar-refractivity contribution is -0.135. The van der Waals surface area contributed by atoms with Crippen LogP contribution >= 0.6 is 0 Å². The highest BCUT2D eigenvalue weighted by atomic mass is 19.2. The van der Waals surface area contributed by atoms with E-state index in [1.807, 2.05) is 4.90 Å². The van der Waals surface area contributed by atoms with Crippen LogP contribution in [0.4, 0.5) is 18.9 Å². The molecule has 0 radical (unpaired) electrons. The van der Waals surface area contributed by atoms with Crippen LogP contribution in [0.25, 0.3) is 0 Å². The van der Waals surface area contributed by atoms with Crippen molar-refractivity contribution in [2.45, 2.75) is 13.0 Å². The molecule has 160 valence electrons. The van der Waals surface area contributed by atoms with Crippen LogP contribution in [0.1, 0.15) is 6.92 Å². The zero-order valence-corrected chi connectivity index (χ0v) is 16.4. The minimum absolute atomic E-state index is 0.155. The first-order valence-electron chi connectivity index (χ1n) is 9.49. The topological polar surface area (TPSA) is 61.9 Å². The normalized spacial score (nSPS) is 15.5. The van der Waals surface area contributed by atoms with Gasteiger partial charge in [-0.1, -0.05) is 0 Å². The molecule has 1 saturated heterocycles. The molecular formula is C21H22F3N3O3. The van der Waals surface area contributed by atoms with Gasteiger partial charge in [0, 0.05) is 37.9 Å². The molecule has 0 bridgehead atoms. The largest absolute Gasteiger partial charge is 0.484 e. The molecule has 1 unspecified atom stereocenters. The number of carbonyl (C=O) groups excluding carboxylic acids is 2. The molecule has 2 aromatic carbocycles. The highest BCUT2D eigenvalue weighted by Crippen LogP contribution is 2.15. The maximum absolute atomic E-state index is 13.3. The molecule has 1 heterocycles. The average molecular weight is 421 g/mol. The summed E-state index contributed by atoms with van der Waals surface area (Å²) in [7, 11) is 0. The number of anilines is 1. The lowest BCUT2D eigenvalue weighted by atomic mass is 10.2. The van der Waals surface area contributed by atoms with Crippen LogP contribution in [0.2, 0.25) is 0 Å². The Labute approximate surface area is 172 Å². The van der Waals surface area contributed by atoms with Gasteiger partial charge in [-0.05, 0) is 43.3 Å². The summed E-state index contributed by atoms with van der Waals surface area (Å²) in [5, 5.41) is 2.57. The predicted molar refractivity (Wildman–Crippen MR) is 104 cm³/mol. The van der Waals surface area contributed by atoms with E-state index in [0.717, 1.165) is 12.1 Å². The van der Waals surface area contributed by atoms with Gasteiger partial charge in [-0.2, -0.15) is 0 Å². The Hall–Kier alpha value is -3.07. The Kier molecular flexibility index (Phi) is 6.94. The lowest BCUT2D eigenvalue weighted by Crippen LogP contribution is -2.54. The Bertz CT molecular complexity index is 900. The summed E-state index contributed by atoms with van der Waals surface area (Å²) in [4.78, 5) is 28.3. The number of amides is 2. The van der Waals surface area contributed by atoms with Crippen LogP contribution in [-0.4, -0.2) is 60.4 Å². The Morgan fingerprint density at radius 1 is 1.00 bits per heavy atom. The van der Waals surface area contributed by atoms with Crippen LogP contribution in [0.3, 0.4) is 0 Å². The van der Waals surface area contributed by atoms with Gasteiger partial charge >= 0.3 is 0 Å². The number of hydrogen-bond donors (Lipinski definition) is 1. The maximum Gasteiger partial charge on any atom is 0.260 e. The SMILES string of the molecule is CC(C(=O)Nc1ccc(F)c(F)c1)N1CCN(C(=O)COc2ccc(F)cc2)CC1. The maximum atomic E-state index is 13.3. The predicted octanol–water partition coefficient (Wildman–Crippen LogP) is 2.65. The van der Waals surface area contributed by atoms with Crippen molar-refractivity contribution < 1.29 is 27.5 Å². The minimum Gasteiger partial charge on any atom is -0.484 e. The smallest absolute Gasteiger partial charge is 0.260 e. The lowest BCUT2D eigenvalue weighted by Gasteiger charge is -2.37. The number of nitrogens with one attached hydrogen (secondary N) is 1. The third-order valence-corrected chi connectivity index (χ3v) is 4.96. The molecule has 1 N–H and O–H groups in total. The zero-order valence-electron chi connectivity index (χ0n) is 16.4. The van der Waals surface area contributed by atoms with E-state index in [9.17, 15) is 22.8 Å². The van der Waals surface area contributed by atoms with Crippen LogP contribution < -0.4 is 10.1 Å². The summed E-state index contributed by atoms with van der Waals surface area (Å²) >= 11 is 0. The fourth-order valence-corrected chi connectivity index (χ4v) is 3.11. The molecule has 3 rings (SSSR count). The van der Waals surface area contributed by atoms with E-state index in [-0.39, 0.29) is 29.9 Å². The quantitative estimate of drug-likeness (QED) is 0.779. The van der Waals surface area contributed by atoms with Crippen molar-refractivity contribution in [1.82, 2.24) is 9.80 Å². The summed E-state index contributed by atoms with van der Waals surface area (Å²) in [5.41, 5.74) is 0.178. The number of carbonyl (C=O) groups is 2. The Morgan fingerprint density at radius 3 is 2.30 bits per heavy atom. The van der Waals surface area contributed by atoms with Crippen LogP contribution in [0.15, 0.2) is 42.5 Å². The van der Waals surface area contributed by atoms with Crippen molar-refractivity contribution in [3.63, 3.8) is 0 Å². The summed E-state index contributed by atoms with van der Waals surface area (Å²) < 4.78 is 44.6. The third-order valence-electron chi connectivity index (χ3n) is 4.96. The number of benzene rings is 2. The molecule has 0 spiro atoms. The van der Waals surface area contributed by atoms with E-state index in [0.29, 0.717) is 31.9 Å². The molecule has 0 aliphatic carbocycles. The molecule has 1 aliphatic rings. The van der Waals surface area contributed by atoms with Gasteiger partial charge in [0.25, 0.3) is 5.91 Å². The first-order chi connectivity index (χ1) is 14.3. The van der Waals surface area contributed by atoms with Gasteiger partial charge in [0.2, 0.25) is 5.91 Å². The minimum atomic E-state index is -1.03. The number of halogens is 3. The fraction of sp³-hybridized carbons (Fsp3) is 0.333. The number of rotatable bonds is 6. The number of piperazine rings is 1. The monoisotopic (exact) mass is 421 g/mol. The third kappa shape index (κ3) is 5.50. The number of hydrogen-bond acceptors (Lipinski definition) is 4. The van der Waals surface area contributed by atoms with Crippen molar-refractivity contribution in [1.29, 1.82) is 0 Å². The van der Waals surface area contributed by atoms with Gasteiger partial charge in [-0.15, -0.1) is 0 Å². The van der Waals surface area contributed by atoms with E-state index in [4.69, 9.17) is 4.74 Å². The van der Waals surface area contributed by atoms with Crippen LogP contribution in [0.5, 0.6) is 5.75 Å². The van der Waals surface area contributed by atoms with Gasteiger partial charge in [0.05, 0.1) is 6.04 Å². The van der Waals surface area contributed by atoms with Crippen LogP contribution in [-0.2, 0) is 9.59 Å². The molecular weight excluding hydrogens is 399 g/mol. The molecule has 1 aliphatic heterocycles. The summed E-state index contributed by atoms with van der Waals surface area (Å²) in [6, 6.07) is 8.08. The molecule has 1 fully saturated rings. The van der Waals surface area contributed by atoms with Crippen LogP contribution in [0, 0.1) is 17.5 Å². The van der Waals surface area contributed by atoms with Gasteiger partial charge in [-0.25, -0.2) is 13.2 Å². The second-order valence-corrected chi connectivity index (χ2v) is 6.95. The highest BCUT2D eigenvalue weighted by molar-refractivity contribution is 5.94. The van der Waals surface area contributed by atoms with Crippen molar-refractivity contribution in [3.05, 3.63) is 59.9 Å². The zero-order chi connectivity index (χ0) is 21.7. The first-order valence-corrected chi connectivity index (χ1v) is 9.49. The molecule has 0 aromatic heterocycles. The van der Waals surface area contributed by atoms with E-state index in [1.165, 1.54) is 30.3 Å². The Balaban J connectivity index is 1.45. The first kappa shape index (κ1) is 21.6. The standard InChI is InChI=1S/C21H22F3N3O3/c1-14(21(29)25-16-4-7-18(23)19(24)12-16)26-8-10-27(11-9-26)20(28)13-30-17-5-2-15(22)3-6-17/h2-7,12,14H,8-11,13H2,1H3,(H,25,29).